The Morgan fingerprint density at radius 3 is 2.34 bits per heavy atom. The van der Waals surface area contributed by atoms with Crippen LogP contribution in [0.15, 0.2) is 54.6 Å². The van der Waals surface area contributed by atoms with Gasteiger partial charge in [-0.2, -0.15) is 0 Å². The first-order valence-corrected chi connectivity index (χ1v) is 10.9. The van der Waals surface area contributed by atoms with Gasteiger partial charge in [0, 0.05) is 42.1 Å². The zero-order valence-corrected chi connectivity index (χ0v) is 18.7. The molecule has 182 valence electrons. The minimum atomic E-state index is -1.10. The summed E-state index contributed by atoms with van der Waals surface area (Å²) in [7, 11) is 0. The van der Waals surface area contributed by atoms with Gasteiger partial charge in [-0.15, -0.1) is 0 Å². The highest BCUT2D eigenvalue weighted by Crippen LogP contribution is 2.45. The molecular weight excluding hydrogens is 464 g/mol. The summed E-state index contributed by atoms with van der Waals surface area (Å²) in [5.41, 5.74) is 0.328. The van der Waals surface area contributed by atoms with Gasteiger partial charge >= 0.3 is 0 Å². The predicted octanol–water partition coefficient (Wildman–Crippen LogP) is 4.36. The second-order valence-electron chi connectivity index (χ2n) is 8.63. The molecule has 1 atom stereocenters. The van der Waals surface area contributed by atoms with Gasteiger partial charge in [0.1, 0.15) is 23.3 Å². The number of benzene rings is 3. The Morgan fingerprint density at radius 2 is 1.69 bits per heavy atom. The van der Waals surface area contributed by atoms with E-state index in [0.29, 0.717) is 11.3 Å². The summed E-state index contributed by atoms with van der Waals surface area (Å²) in [4.78, 5) is 27.5. The maximum atomic E-state index is 13.9. The summed E-state index contributed by atoms with van der Waals surface area (Å²) < 4.78 is 54.5. The first-order valence-electron chi connectivity index (χ1n) is 10.9. The molecule has 0 fully saturated rings. The molecule has 4 rings (SSSR count). The van der Waals surface area contributed by atoms with Gasteiger partial charge in [-0.1, -0.05) is 12.1 Å². The molecule has 0 saturated heterocycles. The van der Waals surface area contributed by atoms with Crippen molar-refractivity contribution in [2.24, 2.45) is 0 Å². The summed E-state index contributed by atoms with van der Waals surface area (Å²) >= 11 is 0. The molecule has 35 heavy (non-hydrogen) atoms. The molecule has 0 aliphatic carbocycles. The predicted molar refractivity (Wildman–Crippen MR) is 121 cm³/mol. The highest BCUT2D eigenvalue weighted by molar-refractivity contribution is 6.09. The van der Waals surface area contributed by atoms with Crippen molar-refractivity contribution in [2.75, 3.05) is 11.5 Å². The molecule has 0 radical (unpaired) electrons. The second kappa shape index (κ2) is 9.50. The fourth-order valence-corrected chi connectivity index (χ4v) is 4.33. The first kappa shape index (κ1) is 24.4. The number of aliphatic hydroxyl groups is 1. The van der Waals surface area contributed by atoms with Crippen LogP contribution in [0.5, 0.6) is 0 Å². The lowest BCUT2D eigenvalue weighted by Gasteiger charge is -2.23. The van der Waals surface area contributed by atoms with E-state index in [-0.39, 0.29) is 48.7 Å². The maximum absolute atomic E-state index is 13.9. The lowest BCUT2D eigenvalue weighted by atomic mass is 9.80. The molecule has 5 nitrogen and oxygen atoms in total. The average molecular weight is 486 g/mol. The highest BCUT2D eigenvalue weighted by Gasteiger charge is 2.47. The summed E-state index contributed by atoms with van der Waals surface area (Å²) in [6.45, 7) is 1.06. The standard InChI is InChI=1S/C26H22F4N2O3/c1-26(6-7-33)21-5-3-16(24(34)31-13-17-2-4-18(27)12-22(17)30)10-23(21)32(25(26)35)14-15-8-19(28)11-20(29)9-15/h2-5,8-12,33H,6-7,13-14H2,1H3,(H,31,34). The van der Waals surface area contributed by atoms with Crippen molar-refractivity contribution in [2.45, 2.75) is 31.8 Å². The average Bonchev–Trinajstić information content (AvgIpc) is 2.99. The van der Waals surface area contributed by atoms with Crippen LogP contribution in [0.2, 0.25) is 0 Å². The smallest absolute Gasteiger partial charge is 0.251 e. The number of fused-ring (bicyclic) bond motifs is 1. The van der Waals surface area contributed by atoms with Gasteiger partial charge in [-0.3, -0.25) is 9.59 Å². The van der Waals surface area contributed by atoms with Crippen LogP contribution in [0.1, 0.15) is 40.4 Å². The maximum Gasteiger partial charge on any atom is 0.251 e. The molecule has 0 saturated carbocycles. The number of nitrogens with one attached hydrogen (secondary N) is 1. The molecule has 0 bridgehead atoms. The van der Waals surface area contributed by atoms with Crippen LogP contribution in [0.3, 0.4) is 0 Å². The lowest BCUT2D eigenvalue weighted by molar-refractivity contribution is -0.123. The summed E-state index contributed by atoms with van der Waals surface area (Å²) in [5, 5.41) is 12.1. The van der Waals surface area contributed by atoms with Crippen LogP contribution >= 0.6 is 0 Å². The van der Waals surface area contributed by atoms with E-state index in [1.54, 1.807) is 13.0 Å². The van der Waals surface area contributed by atoms with Gasteiger partial charge in [0.25, 0.3) is 5.91 Å². The second-order valence-corrected chi connectivity index (χ2v) is 8.63. The number of hydrogen-bond donors (Lipinski definition) is 2. The Labute approximate surface area is 199 Å². The zero-order valence-electron chi connectivity index (χ0n) is 18.7. The van der Waals surface area contributed by atoms with Gasteiger partial charge in [0.05, 0.1) is 12.0 Å². The Balaban J connectivity index is 1.64. The third-order valence-electron chi connectivity index (χ3n) is 6.19. The number of hydrogen-bond acceptors (Lipinski definition) is 3. The number of halogens is 4. The van der Waals surface area contributed by atoms with E-state index in [4.69, 9.17) is 0 Å². The topological polar surface area (TPSA) is 69.6 Å². The largest absolute Gasteiger partial charge is 0.396 e. The zero-order chi connectivity index (χ0) is 25.3. The normalized spacial score (nSPS) is 17.0. The quantitative estimate of drug-likeness (QED) is 0.488. The molecular formula is C26H22F4N2O3. The van der Waals surface area contributed by atoms with Gasteiger partial charge in [-0.05, 0) is 54.8 Å². The van der Waals surface area contributed by atoms with Gasteiger partial charge in [0.2, 0.25) is 5.91 Å². The molecule has 3 aromatic carbocycles. The lowest BCUT2D eigenvalue weighted by Crippen LogP contribution is -2.38. The number of nitrogens with zero attached hydrogens (tertiary/aromatic N) is 1. The fourth-order valence-electron chi connectivity index (χ4n) is 4.33. The minimum absolute atomic E-state index is 0.0985. The fraction of sp³-hybridized carbons (Fsp3) is 0.231. The molecule has 0 spiro atoms. The molecule has 1 aliphatic rings. The van der Waals surface area contributed by atoms with Gasteiger partial charge in [-0.25, -0.2) is 17.6 Å². The number of amides is 2. The number of rotatable bonds is 7. The number of anilines is 1. The number of carbonyl (C=O) groups is 2. The minimum Gasteiger partial charge on any atom is -0.396 e. The van der Waals surface area contributed by atoms with Crippen molar-refractivity contribution < 1.29 is 32.3 Å². The SMILES string of the molecule is CC1(CCO)C(=O)N(Cc2cc(F)cc(F)c2)c2cc(C(=O)NCc3ccc(F)cc3F)ccc21. The Morgan fingerprint density at radius 1 is 0.971 bits per heavy atom. The summed E-state index contributed by atoms with van der Waals surface area (Å²) in [6, 6.07) is 10.6. The summed E-state index contributed by atoms with van der Waals surface area (Å²) in [6.07, 6.45) is 0.113. The van der Waals surface area contributed by atoms with E-state index >= 15 is 0 Å². The van der Waals surface area contributed by atoms with Crippen molar-refractivity contribution in [3.8, 4) is 0 Å². The summed E-state index contributed by atoms with van der Waals surface area (Å²) in [5.74, 6) is -4.03. The van der Waals surface area contributed by atoms with Gasteiger partial charge in [0.15, 0.2) is 0 Å². The Bertz CT molecular complexity index is 1290. The van der Waals surface area contributed by atoms with E-state index in [0.717, 1.165) is 30.3 Å². The molecule has 9 heteroatoms. The number of aliphatic hydroxyl groups excluding tert-OH is 1. The third kappa shape index (κ3) is 4.77. The molecule has 1 heterocycles. The van der Waals surface area contributed by atoms with Crippen molar-refractivity contribution in [1.29, 1.82) is 0 Å². The van der Waals surface area contributed by atoms with Crippen LogP contribution in [0.4, 0.5) is 23.2 Å². The monoisotopic (exact) mass is 486 g/mol. The van der Waals surface area contributed by atoms with E-state index < -0.39 is 34.6 Å². The van der Waals surface area contributed by atoms with Crippen molar-refractivity contribution in [3.05, 3.63) is 100 Å². The Kier molecular flexibility index (Phi) is 6.62. The molecule has 2 N–H and O–H groups in total. The first-order chi connectivity index (χ1) is 16.6. The molecule has 1 unspecified atom stereocenters. The van der Waals surface area contributed by atoms with E-state index in [1.807, 2.05) is 0 Å². The van der Waals surface area contributed by atoms with E-state index in [2.05, 4.69) is 5.32 Å². The van der Waals surface area contributed by atoms with Crippen LogP contribution in [-0.2, 0) is 23.3 Å². The van der Waals surface area contributed by atoms with Crippen molar-refractivity contribution in [1.82, 2.24) is 5.32 Å². The van der Waals surface area contributed by atoms with Gasteiger partial charge < -0.3 is 15.3 Å². The highest BCUT2D eigenvalue weighted by atomic mass is 19.1. The molecule has 0 aromatic heterocycles. The third-order valence-corrected chi connectivity index (χ3v) is 6.19. The van der Waals surface area contributed by atoms with Crippen LogP contribution in [0, 0.1) is 23.3 Å². The van der Waals surface area contributed by atoms with Crippen molar-refractivity contribution >= 4 is 17.5 Å². The van der Waals surface area contributed by atoms with Crippen LogP contribution in [-0.4, -0.2) is 23.5 Å². The van der Waals surface area contributed by atoms with Crippen molar-refractivity contribution in [3.63, 3.8) is 0 Å². The van der Waals surface area contributed by atoms with Crippen LogP contribution < -0.4 is 10.2 Å². The molecule has 2 amide bonds. The molecule has 1 aliphatic heterocycles. The molecule has 3 aromatic rings. The number of carbonyl (C=O) groups excluding carboxylic acids is 2. The van der Waals surface area contributed by atoms with Crippen LogP contribution in [0.25, 0.3) is 0 Å². The van der Waals surface area contributed by atoms with E-state index in [9.17, 15) is 32.3 Å². The Hall–Kier alpha value is -3.72. The van der Waals surface area contributed by atoms with E-state index in [1.165, 1.54) is 23.1 Å².